The van der Waals surface area contributed by atoms with Crippen molar-refractivity contribution in [2.75, 3.05) is 17.2 Å². The summed E-state index contributed by atoms with van der Waals surface area (Å²) < 4.78 is 5.21. The highest BCUT2D eigenvalue weighted by atomic mass is 35.5. The zero-order valence-electron chi connectivity index (χ0n) is 15.3. The molecule has 0 aliphatic heterocycles. The summed E-state index contributed by atoms with van der Waals surface area (Å²) >= 11 is 6.14. The number of carbonyl (C=O) groups is 2. The van der Waals surface area contributed by atoms with Gasteiger partial charge < -0.3 is 20.4 Å². The van der Waals surface area contributed by atoms with E-state index in [4.69, 9.17) is 16.0 Å². The first kappa shape index (κ1) is 19.5. The van der Waals surface area contributed by atoms with Crippen molar-refractivity contribution >= 4 is 34.8 Å². The maximum Gasteiger partial charge on any atom is 0.253 e. The smallest absolute Gasteiger partial charge is 0.253 e. The van der Waals surface area contributed by atoms with E-state index in [-0.39, 0.29) is 24.9 Å². The quantitative estimate of drug-likeness (QED) is 0.557. The van der Waals surface area contributed by atoms with E-state index in [0.29, 0.717) is 27.7 Å². The van der Waals surface area contributed by atoms with Gasteiger partial charge in [0.05, 0.1) is 35.6 Å². The first-order valence-corrected chi connectivity index (χ1v) is 9.10. The number of halogens is 1. The fraction of sp³-hybridized carbons (Fsp3) is 0.143. The average molecular weight is 398 g/mol. The zero-order chi connectivity index (χ0) is 19.9. The van der Waals surface area contributed by atoms with E-state index in [1.165, 1.54) is 0 Å². The molecule has 0 spiro atoms. The van der Waals surface area contributed by atoms with Gasteiger partial charge in [0.25, 0.3) is 5.91 Å². The molecule has 3 rings (SSSR count). The number of para-hydroxylation sites is 1. The summed E-state index contributed by atoms with van der Waals surface area (Å²) in [6, 6.07) is 15.9. The molecular weight excluding hydrogens is 378 g/mol. The van der Waals surface area contributed by atoms with E-state index in [2.05, 4.69) is 16.0 Å². The van der Waals surface area contributed by atoms with Crippen molar-refractivity contribution in [3.63, 3.8) is 0 Å². The lowest BCUT2D eigenvalue weighted by Crippen LogP contribution is -2.26. The Morgan fingerprint density at radius 3 is 2.61 bits per heavy atom. The molecule has 1 aromatic heterocycles. The summed E-state index contributed by atoms with van der Waals surface area (Å²) in [5.74, 6) is 0.131. The van der Waals surface area contributed by atoms with E-state index >= 15 is 0 Å². The molecule has 0 saturated carbocycles. The maximum absolute atomic E-state index is 12.5. The minimum atomic E-state index is -0.267. The number of aryl methyl sites for hydroxylation is 1. The van der Waals surface area contributed by atoms with Gasteiger partial charge in [0.15, 0.2) is 0 Å². The molecule has 0 atom stereocenters. The van der Waals surface area contributed by atoms with Crippen LogP contribution in [0.5, 0.6) is 0 Å². The molecule has 0 bridgehead atoms. The number of rotatable bonds is 7. The van der Waals surface area contributed by atoms with Gasteiger partial charge in [0.2, 0.25) is 5.91 Å². The van der Waals surface area contributed by atoms with Crippen LogP contribution in [0, 0.1) is 6.92 Å². The van der Waals surface area contributed by atoms with Crippen LogP contribution in [0.15, 0.2) is 65.3 Å². The molecule has 1 heterocycles. The molecular formula is C21H20ClN3O3. The molecule has 0 saturated heterocycles. The monoisotopic (exact) mass is 397 g/mol. The highest BCUT2D eigenvalue weighted by molar-refractivity contribution is 6.33. The standard InChI is InChI=1S/C21H20ClN3O3/c1-14-8-9-19(17(22)11-14)25-20(26)13-23-18-7-3-2-6-16(18)21(27)24-12-15-5-4-10-28-15/h2-11,23H,12-13H2,1H3,(H,24,27)(H,25,26). The van der Waals surface area contributed by atoms with Crippen LogP contribution in [0.3, 0.4) is 0 Å². The van der Waals surface area contributed by atoms with Gasteiger partial charge in [-0.05, 0) is 48.9 Å². The van der Waals surface area contributed by atoms with Crippen molar-refractivity contribution in [3.05, 3.63) is 82.8 Å². The number of hydrogen-bond acceptors (Lipinski definition) is 4. The fourth-order valence-electron chi connectivity index (χ4n) is 2.60. The molecule has 0 aliphatic carbocycles. The number of carbonyl (C=O) groups excluding carboxylic acids is 2. The highest BCUT2D eigenvalue weighted by Crippen LogP contribution is 2.22. The Balaban J connectivity index is 1.59. The summed E-state index contributed by atoms with van der Waals surface area (Å²) in [4.78, 5) is 24.7. The Labute approximate surface area is 167 Å². The van der Waals surface area contributed by atoms with Crippen LogP contribution in [0.25, 0.3) is 0 Å². The third kappa shape index (κ3) is 5.14. The molecule has 2 amide bonds. The van der Waals surface area contributed by atoms with Crippen molar-refractivity contribution in [2.24, 2.45) is 0 Å². The SMILES string of the molecule is Cc1ccc(NC(=O)CNc2ccccc2C(=O)NCc2ccco2)c(Cl)c1. The second-order valence-electron chi connectivity index (χ2n) is 6.19. The van der Waals surface area contributed by atoms with Crippen LogP contribution in [0.4, 0.5) is 11.4 Å². The minimum Gasteiger partial charge on any atom is -0.467 e. The molecule has 3 N–H and O–H groups in total. The third-order valence-electron chi connectivity index (χ3n) is 4.01. The van der Waals surface area contributed by atoms with Crippen LogP contribution in [0.1, 0.15) is 21.7 Å². The molecule has 144 valence electrons. The van der Waals surface area contributed by atoms with E-state index in [0.717, 1.165) is 5.56 Å². The Hall–Kier alpha value is -3.25. The zero-order valence-corrected chi connectivity index (χ0v) is 16.0. The number of furan rings is 1. The highest BCUT2D eigenvalue weighted by Gasteiger charge is 2.12. The minimum absolute atomic E-state index is 0.00726. The van der Waals surface area contributed by atoms with Gasteiger partial charge in [-0.2, -0.15) is 0 Å². The Kier molecular flexibility index (Phi) is 6.34. The van der Waals surface area contributed by atoms with E-state index in [9.17, 15) is 9.59 Å². The van der Waals surface area contributed by atoms with Gasteiger partial charge >= 0.3 is 0 Å². The molecule has 0 aliphatic rings. The van der Waals surface area contributed by atoms with Crippen LogP contribution in [0.2, 0.25) is 5.02 Å². The van der Waals surface area contributed by atoms with Crippen molar-refractivity contribution in [2.45, 2.75) is 13.5 Å². The molecule has 0 radical (unpaired) electrons. The number of anilines is 2. The lowest BCUT2D eigenvalue weighted by molar-refractivity contribution is -0.114. The lowest BCUT2D eigenvalue weighted by atomic mass is 10.1. The largest absolute Gasteiger partial charge is 0.467 e. The predicted molar refractivity (Wildman–Crippen MR) is 110 cm³/mol. The molecule has 2 aromatic carbocycles. The molecule has 3 aromatic rings. The number of hydrogen-bond donors (Lipinski definition) is 3. The molecule has 0 fully saturated rings. The fourth-order valence-corrected chi connectivity index (χ4v) is 2.88. The summed E-state index contributed by atoms with van der Waals surface area (Å²) in [6.07, 6.45) is 1.55. The Bertz CT molecular complexity index is 971. The van der Waals surface area contributed by atoms with Crippen LogP contribution < -0.4 is 16.0 Å². The summed E-state index contributed by atoms with van der Waals surface area (Å²) in [6.45, 7) is 2.20. The number of nitrogens with one attached hydrogen (secondary N) is 3. The predicted octanol–water partition coefficient (Wildman–Crippen LogP) is 4.22. The normalized spacial score (nSPS) is 10.4. The Morgan fingerprint density at radius 1 is 1.04 bits per heavy atom. The number of amides is 2. The van der Waals surface area contributed by atoms with Crippen molar-refractivity contribution in [3.8, 4) is 0 Å². The van der Waals surface area contributed by atoms with Crippen molar-refractivity contribution in [1.29, 1.82) is 0 Å². The molecule has 0 unspecified atom stereocenters. The van der Waals surface area contributed by atoms with Gasteiger partial charge in [0.1, 0.15) is 5.76 Å². The Morgan fingerprint density at radius 2 is 1.86 bits per heavy atom. The van der Waals surface area contributed by atoms with Gasteiger partial charge in [0, 0.05) is 5.69 Å². The van der Waals surface area contributed by atoms with E-state index < -0.39 is 0 Å². The third-order valence-corrected chi connectivity index (χ3v) is 4.33. The lowest BCUT2D eigenvalue weighted by Gasteiger charge is -2.13. The van der Waals surface area contributed by atoms with Crippen molar-refractivity contribution in [1.82, 2.24) is 5.32 Å². The maximum atomic E-state index is 12.5. The summed E-state index contributed by atoms with van der Waals surface area (Å²) in [5, 5.41) is 9.02. The number of benzene rings is 2. The van der Waals surface area contributed by atoms with Crippen LogP contribution in [-0.4, -0.2) is 18.4 Å². The van der Waals surface area contributed by atoms with E-state index in [1.807, 2.05) is 13.0 Å². The van der Waals surface area contributed by atoms with Gasteiger partial charge in [-0.1, -0.05) is 29.8 Å². The summed E-state index contributed by atoms with van der Waals surface area (Å²) in [7, 11) is 0. The van der Waals surface area contributed by atoms with Crippen LogP contribution >= 0.6 is 11.6 Å². The molecule has 7 heteroatoms. The second-order valence-corrected chi connectivity index (χ2v) is 6.60. The van der Waals surface area contributed by atoms with Gasteiger partial charge in [-0.15, -0.1) is 0 Å². The van der Waals surface area contributed by atoms with Gasteiger partial charge in [-0.3, -0.25) is 9.59 Å². The first-order valence-electron chi connectivity index (χ1n) is 8.72. The second kappa shape index (κ2) is 9.10. The van der Waals surface area contributed by atoms with Crippen molar-refractivity contribution < 1.29 is 14.0 Å². The molecule has 6 nitrogen and oxygen atoms in total. The topological polar surface area (TPSA) is 83.4 Å². The summed E-state index contributed by atoms with van der Waals surface area (Å²) in [5.41, 5.74) is 2.55. The first-order chi connectivity index (χ1) is 13.5. The molecule has 28 heavy (non-hydrogen) atoms. The van der Waals surface area contributed by atoms with E-state index in [1.54, 1.807) is 54.8 Å². The van der Waals surface area contributed by atoms with Gasteiger partial charge in [-0.25, -0.2) is 0 Å². The van der Waals surface area contributed by atoms with Crippen LogP contribution in [-0.2, 0) is 11.3 Å². The average Bonchev–Trinajstić information content (AvgIpc) is 3.20.